The second-order valence-corrected chi connectivity index (χ2v) is 8.54. The number of benzene rings is 1. The van der Waals surface area contributed by atoms with Crippen molar-refractivity contribution in [1.29, 1.82) is 0 Å². The third kappa shape index (κ3) is 4.74. The van der Waals surface area contributed by atoms with Crippen LogP contribution < -0.4 is 10.6 Å². The van der Waals surface area contributed by atoms with Crippen molar-refractivity contribution in [3.63, 3.8) is 0 Å². The van der Waals surface area contributed by atoms with E-state index in [1.54, 1.807) is 0 Å². The highest BCUT2D eigenvalue weighted by Gasteiger charge is 2.20. The predicted octanol–water partition coefficient (Wildman–Crippen LogP) is 4.45. The normalized spacial score (nSPS) is 13.2. The molecule has 0 saturated carbocycles. The van der Waals surface area contributed by atoms with Gasteiger partial charge in [0.1, 0.15) is 0 Å². The van der Waals surface area contributed by atoms with Crippen LogP contribution in [0.3, 0.4) is 0 Å². The predicted molar refractivity (Wildman–Crippen MR) is 126 cm³/mol. The van der Waals surface area contributed by atoms with Gasteiger partial charge in [-0.05, 0) is 62.4 Å². The summed E-state index contributed by atoms with van der Waals surface area (Å²) in [5.41, 5.74) is 6.24. The van der Waals surface area contributed by atoms with Gasteiger partial charge in [-0.2, -0.15) is 5.10 Å². The van der Waals surface area contributed by atoms with Crippen LogP contribution in [-0.2, 0) is 13.0 Å². The molecule has 3 aromatic rings. The van der Waals surface area contributed by atoms with Crippen molar-refractivity contribution in [2.45, 2.75) is 53.1 Å². The molecule has 1 aliphatic heterocycles. The number of carbonyl (C=O) groups excluding carboxylic acids is 1. The minimum atomic E-state index is 0.0149. The molecule has 8 nitrogen and oxygen atoms in total. The summed E-state index contributed by atoms with van der Waals surface area (Å²) in [7, 11) is 0. The van der Waals surface area contributed by atoms with Gasteiger partial charge in [-0.15, -0.1) is 0 Å². The first-order chi connectivity index (χ1) is 15.4. The van der Waals surface area contributed by atoms with Crippen molar-refractivity contribution in [2.24, 2.45) is 0 Å². The van der Waals surface area contributed by atoms with Crippen molar-refractivity contribution in [1.82, 2.24) is 30.0 Å². The Bertz CT molecular complexity index is 1110. The Balaban J connectivity index is 1.49. The van der Waals surface area contributed by atoms with Crippen LogP contribution in [-0.4, -0.2) is 43.8 Å². The number of amides is 2. The van der Waals surface area contributed by atoms with E-state index in [0.717, 1.165) is 41.9 Å². The average molecular weight is 434 g/mol. The van der Waals surface area contributed by atoms with Crippen LogP contribution in [0.15, 0.2) is 36.8 Å². The lowest BCUT2D eigenvalue weighted by Gasteiger charge is -2.29. The molecule has 2 N–H and O–H groups in total. The molecule has 0 fully saturated rings. The molecule has 8 heteroatoms. The maximum absolute atomic E-state index is 12.3. The molecule has 2 amide bonds. The molecule has 0 atom stereocenters. The number of carbonyl (C=O) groups is 1. The van der Waals surface area contributed by atoms with Crippen molar-refractivity contribution >= 4 is 17.7 Å². The van der Waals surface area contributed by atoms with Crippen LogP contribution in [0.25, 0.3) is 11.3 Å². The van der Waals surface area contributed by atoms with Gasteiger partial charge in [0.05, 0.1) is 11.9 Å². The molecule has 3 heterocycles. The Morgan fingerprint density at radius 1 is 1.22 bits per heavy atom. The van der Waals surface area contributed by atoms with Gasteiger partial charge in [-0.3, -0.25) is 4.68 Å². The van der Waals surface area contributed by atoms with Crippen LogP contribution >= 0.6 is 0 Å². The van der Waals surface area contributed by atoms with Gasteiger partial charge in [0.25, 0.3) is 0 Å². The highest BCUT2D eigenvalue weighted by Crippen LogP contribution is 2.26. The number of aryl methyl sites for hydroxylation is 1. The lowest BCUT2D eigenvalue weighted by atomic mass is 9.99. The van der Waals surface area contributed by atoms with E-state index in [1.165, 1.54) is 11.1 Å². The second kappa shape index (κ2) is 9.38. The van der Waals surface area contributed by atoms with E-state index in [1.807, 2.05) is 41.2 Å². The number of aromatic nitrogens is 4. The third-order valence-electron chi connectivity index (χ3n) is 5.66. The summed E-state index contributed by atoms with van der Waals surface area (Å²) >= 11 is 0. The lowest BCUT2D eigenvalue weighted by Crippen LogP contribution is -2.42. The van der Waals surface area contributed by atoms with Crippen LogP contribution in [0.2, 0.25) is 0 Å². The summed E-state index contributed by atoms with van der Waals surface area (Å²) in [6.07, 6.45) is 7.47. The van der Waals surface area contributed by atoms with Gasteiger partial charge in [-0.25, -0.2) is 14.8 Å². The van der Waals surface area contributed by atoms with Crippen LogP contribution in [0.5, 0.6) is 0 Å². The summed E-state index contributed by atoms with van der Waals surface area (Å²) < 4.78 is 1.93. The minimum Gasteiger partial charge on any atom is -0.338 e. The number of hydrogen-bond acceptors (Lipinski definition) is 5. The second-order valence-electron chi connectivity index (χ2n) is 8.54. The van der Waals surface area contributed by atoms with E-state index in [4.69, 9.17) is 4.98 Å². The summed E-state index contributed by atoms with van der Waals surface area (Å²) in [6, 6.07) is 6.55. The van der Waals surface area contributed by atoms with Gasteiger partial charge >= 0.3 is 6.03 Å². The number of hydrogen-bond donors (Lipinski definition) is 2. The number of anilines is 2. The first kappa shape index (κ1) is 21.8. The molecule has 0 saturated heterocycles. The molecule has 2 aromatic heterocycles. The Kier molecular flexibility index (Phi) is 6.39. The first-order valence-corrected chi connectivity index (χ1v) is 11.2. The molecular weight excluding hydrogens is 402 g/mol. The standard InChI is InChI=1S/C24H31N7O/c1-5-9-25-24(32)30-10-8-18-11-21(7-6-19(18)14-30)28-23-26-12-17(4)22(29-23)20-13-27-31(15-20)16(2)3/h6-7,11-13,15-16H,5,8-10,14H2,1-4H3,(H,25,32)(H,26,28,29). The molecule has 4 rings (SSSR count). The molecule has 0 spiro atoms. The molecule has 0 radical (unpaired) electrons. The number of nitrogens with zero attached hydrogens (tertiary/aromatic N) is 5. The highest BCUT2D eigenvalue weighted by atomic mass is 16.2. The fraction of sp³-hybridized carbons (Fsp3) is 0.417. The number of rotatable bonds is 6. The smallest absolute Gasteiger partial charge is 0.317 e. The van der Waals surface area contributed by atoms with Crippen molar-refractivity contribution in [2.75, 3.05) is 18.4 Å². The van der Waals surface area contributed by atoms with E-state index in [2.05, 4.69) is 53.6 Å². The van der Waals surface area contributed by atoms with Gasteiger partial charge in [0, 0.05) is 49.3 Å². The fourth-order valence-corrected chi connectivity index (χ4v) is 3.81. The monoisotopic (exact) mass is 433 g/mol. The molecule has 1 aliphatic rings. The van der Waals surface area contributed by atoms with E-state index in [-0.39, 0.29) is 6.03 Å². The lowest BCUT2D eigenvalue weighted by molar-refractivity contribution is 0.192. The van der Waals surface area contributed by atoms with Gasteiger partial charge < -0.3 is 15.5 Å². The Morgan fingerprint density at radius 3 is 2.81 bits per heavy atom. The Morgan fingerprint density at radius 2 is 2.06 bits per heavy atom. The largest absolute Gasteiger partial charge is 0.338 e. The van der Waals surface area contributed by atoms with Crippen molar-refractivity contribution in [3.8, 4) is 11.3 Å². The topological polar surface area (TPSA) is 88.0 Å². The van der Waals surface area contributed by atoms with E-state index in [9.17, 15) is 4.79 Å². The minimum absolute atomic E-state index is 0.0149. The van der Waals surface area contributed by atoms with Gasteiger partial charge in [0.15, 0.2) is 0 Å². The molecule has 0 bridgehead atoms. The Labute approximate surface area is 189 Å². The maximum atomic E-state index is 12.3. The van der Waals surface area contributed by atoms with E-state index < -0.39 is 0 Å². The van der Waals surface area contributed by atoms with Crippen LogP contribution in [0, 0.1) is 6.92 Å². The van der Waals surface area contributed by atoms with Crippen LogP contribution in [0.4, 0.5) is 16.4 Å². The van der Waals surface area contributed by atoms with E-state index >= 15 is 0 Å². The van der Waals surface area contributed by atoms with Gasteiger partial charge in [0.2, 0.25) is 5.95 Å². The number of fused-ring (bicyclic) bond motifs is 1. The molecular formula is C24H31N7O. The third-order valence-corrected chi connectivity index (χ3v) is 5.66. The van der Waals surface area contributed by atoms with Gasteiger partial charge in [-0.1, -0.05) is 13.0 Å². The average Bonchev–Trinajstić information content (AvgIpc) is 3.29. The number of urea groups is 1. The van der Waals surface area contributed by atoms with Crippen molar-refractivity contribution < 1.29 is 4.79 Å². The zero-order chi connectivity index (χ0) is 22.7. The van der Waals surface area contributed by atoms with Crippen LogP contribution in [0.1, 0.15) is 49.9 Å². The zero-order valence-electron chi connectivity index (χ0n) is 19.2. The SMILES string of the molecule is CCCNC(=O)N1CCc2cc(Nc3ncc(C)c(-c4cnn(C(C)C)c4)n3)ccc2C1. The maximum Gasteiger partial charge on any atom is 0.317 e. The molecule has 0 unspecified atom stereocenters. The summed E-state index contributed by atoms with van der Waals surface area (Å²) in [6.45, 7) is 10.3. The fourth-order valence-electron chi connectivity index (χ4n) is 3.81. The highest BCUT2D eigenvalue weighted by molar-refractivity contribution is 5.74. The molecule has 1 aromatic carbocycles. The van der Waals surface area contributed by atoms with Crippen molar-refractivity contribution in [3.05, 3.63) is 53.5 Å². The molecule has 32 heavy (non-hydrogen) atoms. The Hall–Kier alpha value is -3.42. The first-order valence-electron chi connectivity index (χ1n) is 11.2. The zero-order valence-corrected chi connectivity index (χ0v) is 19.2. The van der Waals surface area contributed by atoms with E-state index in [0.29, 0.717) is 25.1 Å². The molecule has 168 valence electrons. The summed E-state index contributed by atoms with van der Waals surface area (Å²) in [5, 5.41) is 10.7. The number of nitrogens with one attached hydrogen (secondary N) is 2. The summed E-state index contributed by atoms with van der Waals surface area (Å²) in [5.74, 6) is 0.555. The quantitative estimate of drug-likeness (QED) is 0.600. The summed E-state index contributed by atoms with van der Waals surface area (Å²) in [4.78, 5) is 23.4. The molecule has 0 aliphatic carbocycles.